The van der Waals surface area contributed by atoms with Gasteiger partial charge < -0.3 is 15.8 Å². The molecule has 10 heteroatoms. The molecule has 1 aromatic heterocycles. The normalized spacial score (nSPS) is 19.0. The highest BCUT2D eigenvalue weighted by molar-refractivity contribution is 14.1. The molecular formula is C21H15IN4O5. The second kappa shape index (κ2) is 6.54. The molecule has 156 valence electrons. The quantitative estimate of drug-likeness (QED) is 0.379. The summed E-state index contributed by atoms with van der Waals surface area (Å²) in [6, 6.07) is 11.3. The molecule has 1 unspecified atom stereocenters. The molecule has 1 atom stereocenters. The maximum Gasteiger partial charge on any atom is 0.341 e. The van der Waals surface area contributed by atoms with Gasteiger partial charge >= 0.3 is 5.97 Å². The first-order valence-corrected chi connectivity index (χ1v) is 10.5. The number of nitrogens with zero attached hydrogens (tertiary/aromatic N) is 2. The molecule has 1 amide bonds. The predicted octanol–water partition coefficient (Wildman–Crippen LogP) is 1.17. The van der Waals surface area contributed by atoms with Crippen molar-refractivity contribution in [2.45, 2.75) is 12.5 Å². The fourth-order valence-corrected chi connectivity index (χ4v) is 4.86. The summed E-state index contributed by atoms with van der Waals surface area (Å²) < 4.78 is 7.91. The van der Waals surface area contributed by atoms with Crippen LogP contribution in [0.1, 0.15) is 12.5 Å². The van der Waals surface area contributed by atoms with Gasteiger partial charge in [0, 0.05) is 14.8 Å². The van der Waals surface area contributed by atoms with Crippen LogP contribution in [0.4, 0.5) is 5.69 Å². The van der Waals surface area contributed by atoms with E-state index in [1.807, 2.05) is 0 Å². The lowest BCUT2D eigenvalue weighted by molar-refractivity contribution is -0.140. The minimum atomic E-state index is -1.96. The summed E-state index contributed by atoms with van der Waals surface area (Å²) in [5.74, 6) is -1.85. The Morgan fingerprint density at radius 2 is 1.81 bits per heavy atom. The van der Waals surface area contributed by atoms with Gasteiger partial charge in [-0.1, -0.05) is 18.2 Å². The van der Waals surface area contributed by atoms with Crippen LogP contribution in [-0.2, 0) is 19.9 Å². The van der Waals surface area contributed by atoms with Crippen LogP contribution in [0.3, 0.4) is 0 Å². The largest absolute Gasteiger partial charge is 0.462 e. The molecular weight excluding hydrogens is 515 g/mol. The van der Waals surface area contributed by atoms with E-state index < -0.39 is 28.5 Å². The number of hydrogen-bond acceptors (Lipinski definition) is 6. The number of nitrogens with two attached hydrogens (primary N) is 1. The van der Waals surface area contributed by atoms with Crippen molar-refractivity contribution in [1.82, 2.24) is 9.36 Å². The summed E-state index contributed by atoms with van der Waals surface area (Å²) in [4.78, 5) is 53.5. The van der Waals surface area contributed by atoms with Gasteiger partial charge in [0.1, 0.15) is 11.4 Å². The van der Waals surface area contributed by atoms with Gasteiger partial charge in [-0.25, -0.2) is 9.48 Å². The highest BCUT2D eigenvalue weighted by Gasteiger charge is 2.61. The van der Waals surface area contributed by atoms with Crippen molar-refractivity contribution in [3.05, 3.63) is 77.9 Å². The predicted molar refractivity (Wildman–Crippen MR) is 121 cm³/mol. The molecule has 2 aliphatic rings. The number of nitrogens with one attached hydrogen (secondary N) is 1. The zero-order valence-corrected chi connectivity index (χ0v) is 18.3. The lowest BCUT2D eigenvalue weighted by Gasteiger charge is -2.26. The highest BCUT2D eigenvalue weighted by atomic mass is 127. The van der Waals surface area contributed by atoms with E-state index in [1.54, 1.807) is 37.3 Å². The van der Waals surface area contributed by atoms with Crippen molar-refractivity contribution in [3.8, 4) is 0 Å². The highest BCUT2D eigenvalue weighted by Crippen LogP contribution is 2.48. The van der Waals surface area contributed by atoms with Crippen molar-refractivity contribution in [1.29, 1.82) is 0 Å². The minimum absolute atomic E-state index is 0.0228. The lowest BCUT2D eigenvalue weighted by Crippen LogP contribution is -2.52. The van der Waals surface area contributed by atoms with Gasteiger partial charge in [-0.05, 0) is 53.8 Å². The van der Waals surface area contributed by atoms with Gasteiger partial charge in [-0.3, -0.25) is 14.4 Å². The number of halogens is 1. The number of fused-ring (bicyclic) bond motifs is 5. The summed E-state index contributed by atoms with van der Waals surface area (Å²) >= 11 is 2.09. The van der Waals surface area contributed by atoms with Crippen LogP contribution in [0.15, 0.2) is 57.6 Å². The molecule has 3 aromatic rings. The van der Waals surface area contributed by atoms with Crippen LogP contribution in [0.2, 0.25) is 0 Å². The molecule has 5 rings (SSSR count). The fraction of sp³-hybridized carbons (Fsp3) is 0.143. The molecule has 1 spiro atoms. The Bertz CT molecular complexity index is 1490. The van der Waals surface area contributed by atoms with Gasteiger partial charge in [0.2, 0.25) is 5.54 Å². The molecule has 9 nitrogen and oxygen atoms in total. The van der Waals surface area contributed by atoms with Crippen LogP contribution in [0.5, 0.6) is 0 Å². The molecule has 0 saturated carbocycles. The Kier molecular flexibility index (Phi) is 4.13. The number of carbonyl (C=O) groups is 2. The van der Waals surface area contributed by atoms with E-state index in [4.69, 9.17) is 10.5 Å². The van der Waals surface area contributed by atoms with E-state index in [0.717, 1.165) is 12.9 Å². The van der Waals surface area contributed by atoms with E-state index in [0.29, 0.717) is 11.3 Å². The standard InChI is InChI=1S/C21H15IN4O5/c1-2-31-19(29)15-16(23)25-17(27)11-5-3-4-6-12(11)18(28)26(25)21(15)13-8-7-10(22)9-14(13)24-20(21)30/h3-9H,2,23H2,1H3,(H,24,30). The molecule has 0 bridgehead atoms. The Morgan fingerprint density at radius 3 is 2.48 bits per heavy atom. The van der Waals surface area contributed by atoms with Gasteiger partial charge in [0.15, 0.2) is 0 Å². The number of anilines is 1. The lowest BCUT2D eigenvalue weighted by atomic mass is 9.84. The average molecular weight is 530 g/mol. The number of benzene rings is 2. The van der Waals surface area contributed by atoms with E-state index in [2.05, 4.69) is 27.9 Å². The monoisotopic (exact) mass is 530 g/mol. The topological polar surface area (TPSA) is 125 Å². The van der Waals surface area contributed by atoms with Crippen LogP contribution in [0.25, 0.3) is 16.6 Å². The first-order chi connectivity index (χ1) is 14.8. The third kappa shape index (κ3) is 2.30. The number of rotatable bonds is 2. The molecule has 3 N–H and O–H groups in total. The summed E-state index contributed by atoms with van der Waals surface area (Å²) in [6.45, 7) is 1.63. The Balaban J connectivity index is 2.02. The molecule has 3 heterocycles. The molecule has 0 radical (unpaired) electrons. The molecule has 2 aliphatic heterocycles. The first-order valence-electron chi connectivity index (χ1n) is 9.40. The Morgan fingerprint density at radius 1 is 1.13 bits per heavy atom. The summed E-state index contributed by atoms with van der Waals surface area (Å²) in [5.41, 5.74) is 3.59. The van der Waals surface area contributed by atoms with Crippen LogP contribution in [0, 0.1) is 3.57 Å². The SMILES string of the molecule is CCOC(=O)C1=C(N)n2c(=O)c3ccccc3c(=O)n2C12C(=O)Nc1cc(I)ccc12. The van der Waals surface area contributed by atoms with Gasteiger partial charge in [-0.15, -0.1) is 0 Å². The molecule has 0 saturated heterocycles. The number of amides is 1. The zero-order chi connectivity index (χ0) is 22.1. The van der Waals surface area contributed by atoms with E-state index in [1.165, 1.54) is 12.1 Å². The number of carbonyl (C=O) groups excluding carboxylic acids is 2. The van der Waals surface area contributed by atoms with Crippen LogP contribution >= 0.6 is 22.6 Å². The van der Waals surface area contributed by atoms with E-state index >= 15 is 0 Å². The van der Waals surface area contributed by atoms with Crippen molar-refractivity contribution < 1.29 is 14.3 Å². The van der Waals surface area contributed by atoms with Crippen molar-refractivity contribution in [2.24, 2.45) is 5.73 Å². The van der Waals surface area contributed by atoms with Gasteiger partial charge in [-0.2, -0.15) is 4.68 Å². The van der Waals surface area contributed by atoms with E-state index in [9.17, 15) is 19.2 Å². The number of hydrogen-bond donors (Lipinski definition) is 2. The second-order valence-electron chi connectivity index (χ2n) is 7.11. The van der Waals surface area contributed by atoms with Crippen molar-refractivity contribution in [2.75, 3.05) is 11.9 Å². The summed E-state index contributed by atoms with van der Waals surface area (Å²) in [7, 11) is 0. The summed E-state index contributed by atoms with van der Waals surface area (Å²) in [6.07, 6.45) is 0. The molecule has 0 fully saturated rings. The minimum Gasteiger partial charge on any atom is -0.462 e. The van der Waals surface area contributed by atoms with Gasteiger partial charge in [0.25, 0.3) is 17.0 Å². The smallest absolute Gasteiger partial charge is 0.341 e. The van der Waals surface area contributed by atoms with Gasteiger partial charge in [0.05, 0.1) is 17.4 Å². The first kappa shape index (κ1) is 19.5. The Labute approximate surface area is 188 Å². The third-order valence-electron chi connectivity index (χ3n) is 5.56. The molecule has 0 aliphatic carbocycles. The zero-order valence-electron chi connectivity index (χ0n) is 16.1. The fourth-order valence-electron chi connectivity index (χ4n) is 4.37. The van der Waals surface area contributed by atoms with E-state index in [-0.39, 0.29) is 28.8 Å². The number of ether oxygens (including phenoxy) is 1. The Hall–Kier alpha value is -3.41. The third-order valence-corrected chi connectivity index (χ3v) is 6.24. The van der Waals surface area contributed by atoms with Crippen LogP contribution < -0.4 is 22.2 Å². The summed E-state index contributed by atoms with van der Waals surface area (Å²) in [5, 5.41) is 2.99. The molecule has 31 heavy (non-hydrogen) atoms. The molecule has 2 aromatic carbocycles. The van der Waals surface area contributed by atoms with Crippen LogP contribution in [-0.4, -0.2) is 27.8 Å². The average Bonchev–Trinajstić information content (AvgIpc) is 3.18. The second-order valence-corrected chi connectivity index (χ2v) is 8.36. The van der Waals surface area contributed by atoms with Crippen molar-refractivity contribution >= 4 is 56.7 Å². The van der Waals surface area contributed by atoms with Crippen molar-refractivity contribution in [3.63, 3.8) is 0 Å². The number of aromatic nitrogens is 2. The maximum atomic E-state index is 13.6. The number of esters is 1. The maximum absolute atomic E-state index is 13.6.